The van der Waals surface area contributed by atoms with Gasteiger partial charge in [-0.3, -0.25) is 0 Å². The van der Waals surface area contributed by atoms with E-state index in [4.69, 9.17) is 15.6 Å². The highest BCUT2D eigenvalue weighted by atomic mass is 28.4. The van der Waals surface area contributed by atoms with Gasteiger partial charge in [0.15, 0.2) is 8.32 Å². The second-order valence-electron chi connectivity index (χ2n) is 8.28. The highest BCUT2D eigenvalue weighted by Gasteiger charge is 2.37. The van der Waals surface area contributed by atoms with Crippen LogP contribution in [0.5, 0.6) is 5.75 Å². The normalized spacial score (nSPS) is 12.0. The highest BCUT2D eigenvalue weighted by molar-refractivity contribution is 6.74. The van der Waals surface area contributed by atoms with E-state index in [9.17, 15) is 0 Å². The fourth-order valence-corrected chi connectivity index (χ4v) is 3.23. The second-order valence-corrected chi connectivity index (χ2v) is 13.1. The van der Waals surface area contributed by atoms with Gasteiger partial charge in [-0.25, -0.2) is 0 Å². The van der Waals surface area contributed by atoms with Crippen LogP contribution in [-0.4, -0.2) is 14.9 Å². The summed E-state index contributed by atoms with van der Waals surface area (Å²) in [7, 11) is -1.80. The number of benzene rings is 1. The van der Waals surface area contributed by atoms with Crippen LogP contribution >= 0.6 is 0 Å². The third-order valence-corrected chi connectivity index (χ3v) is 9.61. The Kier molecular flexibility index (Phi) is 8.75. The lowest BCUT2D eigenvalue weighted by Crippen LogP contribution is -2.40. The zero-order valence-electron chi connectivity index (χ0n) is 17.1. The minimum Gasteiger partial charge on any atom is -0.493 e. The summed E-state index contributed by atoms with van der Waals surface area (Å²) in [6, 6.07) is 5.97. The molecule has 0 aliphatic rings. The Hall–Kier alpha value is -1.24. The molecule has 0 fully saturated rings. The number of unbranched alkanes of at least 4 members (excludes halogenated alkanes) is 4. The molecule has 0 heterocycles. The van der Waals surface area contributed by atoms with Crippen molar-refractivity contribution in [3.05, 3.63) is 29.3 Å². The Labute approximate surface area is 156 Å². The minimum atomic E-state index is -1.80. The molecule has 0 aliphatic heterocycles. The average Bonchev–Trinajstić information content (AvgIpc) is 2.55. The first kappa shape index (κ1) is 21.8. The maximum Gasteiger partial charge on any atom is 0.192 e. The van der Waals surface area contributed by atoms with Crippen LogP contribution in [0.3, 0.4) is 0 Å². The molecule has 140 valence electrons. The zero-order valence-corrected chi connectivity index (χ0v) is 18.1. The van der Waals surface area contributed by atoms with E-state index in [0.29, 0.717) is 6.61 Å². The fraction of sp³-hybridized carbons (Fsp3) is 0.636. The Morgan fingerprint density at radius 3 is 2.36 bits per heavy atom. The van der Waals surface area contributed by atoms with Crippen LogP contribution in [0.1, 0.15) is 70.9 Å². The third kappa shape index (κ3) is 7.26. The molecule has 1 aromatic carbocycles. The second kappa shape index (κ2) is 10.0. The maximum atomic E-state index is 6.37. The first-order valence-corrected chi connectivity index (χ1v) is 12.5. The summed E-state index contributed by atoms with van der Waals surface area (Å²) < 4.78 is 12.4. The van der Waals surface area contributed by atoms with Crippen molar-refractivity contribution < 1.29 is 9.16 Å². The van der Waals surface area contributed by atoms with Gasteiger partial charge in [-0.05, 0) is 42.8 Å². The van der Waals surface area contributed by atoms with Crippen LogP contribution in [0.4, 0.5) is 0 Å². The fourth-order valence-electron chi connectivity index (χ4n) is 2.29. The smallest absolute Gasteiger partial charge is 0.192 e. The molecule has 1 aromatic rings. The van der Waals surface area contributed by atoms with Gasteiger partial charge < -0.3 is 9.16 Å². The minimum absolute atomic E-state index is 0.191. The lowest BCUT2D eigenvalue weighted by molar-refractivity contribution is 0.258. The topological polar surface area (TPSA) is 18.5 Å². The van der Waals surface area contributed by atoms with Gasteiger partial charge in [0.1, 0.15) is 5.75 Å². The van der Waals surface area contributed by atoms with E-state index in [-0.39, 0.29) is 5.04 Å². The van der Waals surface area contributed by atoms with Crippen molar-refractivity contribution in [2.45, 2.75) is 84.5 Å². The molecule has 25 heavy (non-hydrogen) atoms. The van der Waals surface area contributed by atoms with Crippen LogP contribution in [0.15, 0.2) is 18.2 Å². The van der Waals surface area contributed by atoms with E-state index in [1.165, 1.54) is 25.7 Å². The molecule has 2 nitrogen and oxygen atoms in total. The SMILES string of the molecule is C#Cc1ccc(OCCCCCCC)c(CO[Si](C)(C)C(C)(C)C)c1. The van der Waals surface area contributed by atoms with Gasteiger partial charge in [-0.15, -0.1) is 6.42 Å². The van der Waals surface area contributed by atoms with E-state index in [2.05, 4.69) is 46.7 Å². The largest absolute Gasteiger partial charge is 0.493 e. The van der Waals surface area contributed by atoms with Crippen LogP contribution in [0.2, 0.25) is 18.1 Å². The summed E-state index contributed by atoms with van der Waals surface area (Å²) >= 11 is 0. The van der Waals surface area contributed by atoms with Crippen molar-refractivity contribution in [1.82, 2.24) is 0 Å². The molecule has 0 bridgehead atoms. The molecule has 0 N–H and O–H groups in total. The van der Waals surface area contributed by atoms with Gasteiger partial charge >= 0.3 is 0 Å². The quantitative estimate of drug-likeness (QED) is 0.268. The molecule has 0 amide bonds. The Morgan fingerprint density at radius 2 is 1.76 bits per heavy atom. The third-order valence-electron chi connectivity index (χ3n) is 5.13. The first-order chi connectivity index (χ1) is 11.7. The number of ether oxygens (including phenoxy) is 1. The zero-order chi connectivity index (χ0) is 18.9. The van der Waals surface area contributed by atoms with Crippen molar-refractivity contribution in [2.24, 2.45) is 0 Å². The Morgan fingerprint density at radius 1 is 1.08 bits per heavy atom. The standard InChI is InChI=1S/C22H36O2Si/c1-8-10-11-12-13-16-23-21-15-14-19(9-2)17-20(21)18-24-25(6,7)22(3,4)5/h2,14-15,17H,8,10-13,16,18H2,1,3-7H3. The van der Waals surface area contributed by atoms with E-state index in [1.54, 1.807) is 0 Å². The molecular formula is C22H36O2Si. The number of rotatable bonds is 10. The Bertz CT molecular complexity index is 564. The van der Waals surface area contributed by atoms with Gasteiger partial charge in [0.2, 0.25) is 0 Å². The lowest BCUT2D eigenvalue weighted by Gasteiger charge is -2.36. The van der Waals surface area contributed by atoms with Crippen molar-refractivity contribution in [3.63, 3.8) is 0 Å². The van der Waals surface area contributed by atoms with E-state index < -0.39 is 8.32 Å². The van der Waals surface area contributed by atoms with E-state index in [1.807, 2.05) is 18.2 Å². The van der Waals surface area contributed by atoms with Gasteiger partial charge in [-0.1, -0.05) is 59.3 Å². The van der Waals surface area contributed by atoms with Crippen molar-refractivity contribution in [2.75, 3.05) is 6.61 Å². The highest BCUT2D eigenvalue weighted by Crippen LogP contribution is 2.37. The Balaban J connectivity index is 2.71. The predicted molar refractivity (Wildman–Crippen MR) is 111 cm³/mol. The van der Waals surface area contributed by atoms with Crippen LogP contribution in [0, 0.1) is 12.3 Å². The number of hydrogen-bond donors (Lipinski definition) is 0. The molecule has 1 rings (SSSR count). The van der Waals surface area contributed by atoms with Crippen molar-refractivity contribution in [3.8, 4) is 18.1 Å². The van der Waals surface area contributed by atoms with Gasteiger partial charge in [-0.2, -0.15) is 0 Å². The number of terminal acetylenes is 1. The molecule has 0 radical (unpaired) electrons. The molecule has 0 atom stereocenters. The van der Waals surface area contributed by atoms with Gasteiger partial charge in [0, 0.05) is 11.1 Å². The summed E-state index contributed by atoms with van der Waals surface area (Å²) in [4.78, 5) is 0. The maximum absolute atomic E-state index is 6.37. The van der Waals surface area contributed by atoms with Crippen molar-refractivity contribution >= 4 is 8.32 Å². The lowest BCUT2D eigenvalue weighted by atomic mass is 10.1. The van der Waals surface area contributed by atoms with Crippen molar-refractivity contribution in [1.29, 1.82) is 0 Å². The monoisotopic (exact) mass is 360 g/mol. The average molecular weight is 361 g/mol. The summed E-state index contributed by atoms with van der Waals surface area (Å²) in [5.74, 6) is 3.62. The number of hydrogen-bond acceptors (Lipinski definition) is 2. The summed E-state index contributed by atoms with van der Waals surface area (Å²) in [5, 5.41) is 0.191. The summed E-state index contributed by atoms with van der Waals surface area (Å²) in [5.41, 5.74) is 1.94. The molecule has 0 aliphatic carbocycles. The molecule has 0 saturated heterocycles. The molecule has 0 unspecified atom stereocenters. The molecular weight excluding hydrogens is 324 g/mol. The molecule has 0 spiro atoms. The van der Waals surface area contributed by atoms with Gasteiger partial charge in [0.05, 0.1) is 13.2 Å². The van der Waals surface area contributed by atoms with Crippen LogP contribution in [0.25, 0.3) is 0 Å². The molecule has 3 heteroatoms. The van der Waals surface area contributed by atoms with E-state index >= 15 is 0 Å². The predicted octanol–water partition coefficient (Wildman–Crippen LogP) is 6.54. The van der Waals surface area contributed by atoms with Gasteiger partial charge in [0.25, 0.3) is 0 Å². The van der Waals surface area contributed by atoms with E-state index in [0.717, 1.165) is 29.9 Å². The summed E-state index contributed by atoms with van der Waals surface area (Å²) in [6.07, 6.45) is 11.8. The first-order valence-electron chi connectivity index (χ1n) is 9.57. The summed E-state index contributed by atoms with van der Waals surface area (Å²) in [6.45, 7) is 14.9. The molecule has 0 aromatic heterocycles. The molecule has 0 saturated carbocycles. The van der Waals surface area contributed by atoms with Crippen LogP contribution < -0.4 is 4.74 Å². The van der Waals surface area contributed by atoms with Crippen LogP contribution in [-0.2, 0) is 11.0 Å².